The Morgan fingerprint density at radius 3 is 2.29 bits per heavy atom. The molecule has 1 aliphatic heterocycles. The van der Waals surface area contributed by atoms with E-state index in [2.05, 4.69) is 41.2 Å². The Morgan fingerprint density at radius 1 is 0.941 bits per heavy atom. The standard InChI is InChI=1S/C28H40N4O2/c1-4-7-10-22-11-13-23(14-12-22)27(33)30-24-15-16-26(32-18-8-9-19-32)25(21-24)28(34)29-17-20-31(5-2)6-3/h11-16,21H,4-10,17-20H2,1-3H3,(H,29,34)(H,30,33). The highest BCUT2D eigenvalue weighted by molar-refractivity contribution is 6.06. The molecule has 6 nitrogen and oxygen atoms in total. The third kappa shape index (κ3) is 7.07. The van der Waals surface area contributed by atoms with Crippen LogP contribution < -0.4 is 15.5 Å². The fourth-order valence-corrected chi connectivity index (χ4v) is 4.40. The highest BCUT2D eigenvalue weighted by Gasteiger charge is 2.20. The summed E-state index contributed by atoms with van der Waals surface area (Å²) < 4.78 is 0. The Hall–Kier alpha value is -2.86. The summed E-state index contributed by atoms with van der Waals surface area (Å²) in [6.45, 7) is 11.7. The summed E-state index contributed by atoms with van der Waals surface area (Å²) in [6.07, 6.45) is 5.60. The Morgan fingerprint density at radius 2 is 1.65 bits per heavy atom. The summed E-state index contributed by atoms with van der Waals surface area (Å²) in [5, 5.41) is 6.06. The maximum absolute atomic E-state index is 13.1. The molecule has 3 rings (SSSR count). The predicted molar refractivity (Wildman–Crippen MR) is 141 cm³/mol. The first kappa shape index (κ1) is 25.8. The van der Waals surface area contributed by atoms with E-state index in [4.69, 9.17) is 0 Å². The molecule has 34 heavy (non-hydrogen) atoms. The number of anilines is 2. The molecule has 184 valence electrons. The molecule has 1 aliphatic rings. The van der Waals surface area contributed by atoms with Crippen molar-refractivity contribution in [1.82, 2.24) is 10.2 Å². The molecule has 2 N–H and O–H groups in total. The van der Waals surface area contributed by atoms with Crippen LogP contribution in [0.2, 0.25) is 0 Å². The van der Waals surface area contributed by atoms with Crippen molar-refractivity contribution in [2.45, 2.75) is 52.9 Å². The number of rotatable bonds is 12. The van der Waals surface area contributed by atoms with E-state index in [0.29, 0.717) is 23.4 Å². The lowest BCUT2D eigenvalue weighted by Gasteiger charge is -2.23. The lowest BCUT2D eigenvalue weighted by molar-refractivity contribution is 0.0948. The van der Waals surface area contributed by atoms with Gasteiger partial charge in [0.1, 0.15) is 0 Å². The van der Waals surface area contributed by atoms with Gasteiger partial charge in [0.25, 0.3) is 11.8 Å². The maximum Gasteiger partial charge on any atom is 0.255 e. The summed E-state index contributed by atoms with van der Waals surface area (Å²) in [4.78, 5) is 30.5. The minimum Gasteiger partial charge on any atom is -0.371 e. The topological polar surface area (TPSA) is 64.7 Å². The molecule has 1 heterocycles. The van der Waals surface area contributed by atoms with Crippen LogP contribution in [0.1, 0.15) is 72.7 Å². The fraction of sp³-hybridized carbons (Fsp3) is 0.500. The van der Waals surface area contributed by atoms with Gasteiger partial charge >= 0.3 is 0 Å². The van der Waals surface area contributed by atoms with E-state index in [1.54, 1.807) is 0 Å². The second-order valence-electron chi connectivity index (χ2n) is 8.96. The lowest BCUT2D eigenvalue weighted by Crippen LogP contribution is -2.35. The van der Waals surface area contributed by atoms with Gasteiger partial charge in [-0.3, -0.25) is 9.59 Å². The van der Waals surface area contributed by atoms with Crippen LogP contribution in [0.3, 0.4) is 0 Å². The number of benzene rings is 2. The molecule has 0 unspecified atom stereocenters. The van der Waals surface area contributed by atoms with Gasteiger partial charge in [0.15, 0.2) is 0 Å². The molecule has 2 amide bonds. The van der Waals surface area contributed by atoms with Gasteiger partial charge in [-0.1, -0.05) is 39.3 Å². The van der Waals surface area contributed by atoms with Gasteiger partial charge in [0, 0.05) is 43.1 Å². The number of nitrogens with one attached hydrogen (secondary N) is 2. The smallest absolute Gasteiger partial charge is 0.255 e. The molecule has 1 fully saturated rings. The van der Waals surface area contributed by atoms with E-state index in [0.717, 1.165) is 70.5 Å². The molecule has 0 atom stereocenters. The number of nitrogens with zero attached hydrogens (tertiary/aromatic N) is 2. The molecule has 1 saturated heterocycles. The van der Waals surface area contributed by atoms with Crippen molar-refractivity contribution < 1.29 is 9.59 Å². The van der Waals surface area contributed by atoms with Gasteiger partial charge in [-0.2, -0.15) is 0 Å². The van der Waals surface area contributed by atoms with Gasteiger partial charge < -0.3 is 20.4 Å². The van der Waals surface area contributed by atoms with E-state index in [9.17, 15) is 9.59 Å². The van der Waals surface area contributed by atoms with Crippen molar-refractivity contribution in [2.24, 2.45) is 0 Å². The van der Waals surface area contributed by atoms with Crippen LogP contribution >= 0.6 is 0 Å². The maximum atomic E-state index is 13.1. The van der Waals surface area contributed by atoms with E-state index >= 15 is 0 Å². The lowest BCUT2D eigenvalue weighted by atomic mass is 10.1. The van der Waals surface area contributed by atoms with Crippen molar-refractivity contribution in [3.05, 3.63) is 59.2 Å². The average molecular weight is 465 g/mol. The number of carbonyl (C=O) groups excluding carboxylic acids is 2. The molecule has 6 heteroatoms. The quantitative estimate of drug-likeness (QED) is 0.466. The molecule has 2 aromatic rings. The second kappa shape index (κ2) is 13.1. The largest absolute Gasteiger partial charge is 0.371 e. The third-order valence-corrected chi connectivity index (χ3v) is 6.59. The van der Waals surface area contributed by atoms with Crippen LogP contribution in [0.25, 0.3) is 0 Å². The highest BCUT2D eigenvalue weighted by atomic mass is 16.2. The number of aryl methyl sites for hydroxylation is 1. The van der Waals surface area contributed by atoms with Crippen molar-refractivity contribution in [1.29, 1.82) is 0 Å². The first-order valence-corrected chi connectivity index (χ1v) is 12.9. The zero-order valence-electron chi connectivity index (χ0n) is 21.0. The number of carbonyl (C=O) groups is 2. The van der Waals surface area contributed by atoms with Gasteiger partial charge in [0.2, 0.25) is 0 Å². The summed E-state index contributed by atoms with van der Waals surface area (Å²) in [7, 11) is 0. The number of likely N-dealkylation sites (N-methyl/N-ethyl adjacent to an activating group) is 1. The van der Waals surface area contributed by atoms with Crippen molar-refractivity contribution in [3.8, 4) is 0 Å². The van der Waals surface area contributed by atoms with Crippen molar-refractivity contribution in [2.75, 3.05) is 49.5 Å². The molecule has 0 bridgehead atoms. The number of amides is 2. The minimum absolute atomic E-state index is 0.0922. The van der Waals surface area contributed by atoms with Crippen molar-refractivity contribution in [3.63, 3.8) is 0 Å². The van der Waals surface area contributed by atoms with Crippen molar-refractivity contribution >= 4 is 23.2 Å². The monoisotopic (exact) mass is 464 g/mol. The second-order valence-corrected chi connectivity index (χ2v) is 8.96. The average Bonchev–Trinajstić information content (AvgIpc) is 3.40. The normalized spacial score (nSPS) is 13.4. The zero-order valence-corrected chi connectivity index (χ0v) is 21.0. The van der Waals surface area contributed by atoms with Crippen LogP contribution in [0.15, 0.2) is 42.5 Å². The molecular weight excluding hydrogens is 424 g/mol. The number of unbranched alkanes of at least 4 members (excludes halogenated alkanes) is 1. The summed E-state index contributed by atoms with van der Waals surface area (Å²) >= 11 is 0. The SMILES string of the molecule is CCCCc1ccc(C(=O)Nc2ccc(N3CCCC3)c(C(=O)NCCN(CC)CC)c2)cc1. The van der Waals surface area contributed by atoms with E-state index in [-0.39, 0.29) is 11.8 Å². The number of hydrogen-bond donors (Lipinski definition) is 2. The summed E-state index contributed by atoms with van der Waals surface area (Å²) in [5.41, 5.74) is 4.06. The first-order chi connectivity index (χ1) is 16.5. The molecular formula is C28H40N4O2. The third-order valence-electron chi connectivity index (χ3n) is 6.59. The molecule has 0 spiro atoms. The minimum atomic E-state index is -0.163. The first-order valence-electron chi connectivity index (χ1n) is 12.9. The van der Waals surface area contributed by atoms with Gasteiger partial charge in [-0.15, -0.1) is 0 Å². The van der Waals surface area contributed by atoms with Crippen LogP contribution in [0, 0.1) is 0 Å². The predicted octanol–water partition coefficient (Wildman–Crippen LogP) is 4.95. The molecule has 0 saturated carbocycles. The molecule has 0 aromatic heterocycles. The van der Waals surface area contributed by atoms with Gasteiger partial charge in [-0.25, -0.2) is 0 Å². The van der Waals surface area contributed by atoms with Crippen LogP contribution in [-0.2, 0) is 6.42 Å². The van der Waals surface area contributed by atoms with Gasteiger partial charge in [0.05, 0.1) is 5.56 Å². The Balaban J connectivity index is 1.72. The fourth-order valence-electron chi connectivity index (χ4n) is 4.40. The molecule has 0 aliphatic carbocycles. The summed E-state index contributed by atoms with van der Waals surface area (Å²) in [5.74, 6) is -0.255. The molecule has 0 radical (unpaired) electrons. The van der Waals surface area contributed by atoms with Crippen LogP contribution in [0.4, 0.5) is 11.4 Å². The summed E-state index contributed by atoms with van der Waals surface area (Å²) in [6, 6.07) is 13.5. The Kier molecular flexibility index (Phi) is 9.95. The van der Waals surface area contributed by atoms with E-state index in [1.807, 2.05) is 42.5 Å². The van der Waals surface area contributed by atoms with Crippen LogP contribution in [0.5, 0.6) is 0 Å². The Bertz CT molecular complexity index is 932. The van der Waals surface area contributed by atoms with E-state index < -0.39 is 0 Å². The number of hydrogen-bond acceptors (Lipinski definition) is 4. The Labute approximate surface area is 204 Å². The van der Waals surface area contributed by atoms with E-state index in [1.165, 1.54) is 5.56 Å². The van der Waals surface area contributed by atoms with Gasteiger partial charge in [-0.05, 0) is 74.7 Å². The van der Waals surface area contributed by atoms with Crippen LogP contribution in [-0.4, -0.2) is 56.0 Å². The zero-order chi connectivity index (χ0) is 24.3. The molecule has 2 aromatic carbocycles. The highest BCUT2D eigenvalue weighted by Crippen LogP contribution is 2.28.